The molecule has 0 bridgehead atoms. The molecule has 112 valence electrons. The molecule has 3 heteroatoms. The maximum Gasteiger partial charge on any atom is 0.123 e. The predicted octanol–water partition coefficient (Wildman–Crippen LogP) is 3.60. The van der Waals surface area contributed by atoms with Gasteiger partial charge in [0.2, 0.25) is 0 Å². The van der Waals surface area contributed by atoms with Crippen LogP contribution in [0.5, 0.6) is 0 Å². The van der Waals surface area contributed by atoms with Crippen molar-refractivity contribution in [3.05, 3.63) is 35.6 Å². The van der Waals surface area contributed by atoms with Gasteiger partial charge < -0.3 is 10.2 Å². The van der Waals surface area contributed by atoms with Crippen LogP contribution in [0.4, 0.5) is 4.39 Å². The van der Waals surface area contributed by atoms with Crippen molar-refractivity contribution in [1.82, 2.24) is 10.2 Å². The molecule has 1 aliphatic heterocycles. The van der Waals surface area contributed by atoms with Crippen LogP contribution in [0.2, 0.25) is 0 Å². The molecule has 2 atom stereocenters. The molecule has 0 aliphatic carbocycles. The van der Waals surface area contributed by atoms with Crippen molar-refractivity contribution >= 4 is 0 Å². The van der Waals surface area contributed by atoms with Crippen molar-refractivity contribution in [2.24, 2.45) is 5.92 Å². The van der Waals surface area contributed by atoms with Gasteiger partial charge in [-0.25, -0.2) is 4.39 Å². The molecule has 1 saturated heterocycles. The fourth-order valence-corrected chi connectivity index (χ4v) is 3.01. The highest BCUT2D eigenvalue weighted by Gasteiger charge is 2.16. The molecule has 20 heavy (non-hydrogen) atoms. The molecule has 0 aromatic heterocycles. The smallest absolute Gasteiger partial charge is 0.123 e. The van der Waals surface area contributed by atoms with Crippen molar-refractivity contribution in [3.8, 4) is 0 Å². The average Bonchev–Trinajstić information content (AvgIpc) is 2.94. The van der Waals surface area contributed by atoms with E-state index in [1.807, 2.05) is 12.1 Å². The molecular formula is C17H27FN2. The predicted molar refractivity (Wildman–Crippen MR) is 82.3 cm³/mol. The molecule has 1 fully saturated rings. The molecule has 1 aromatic carbocycles. The van der Waals surface area contributed by atoms with E-state index in [-0.39, 0.29) is 5.82 Å². The Kier molecular flexibility index (Phi) is 5.99. The van der Waals surface area contributed by atoms with Crippen LogP contribution in [0, 0.1) is 11.7 Å². The highest BCUT2D eigenvalue weighted by atomic mass is 19.1. The second kappa shape index (κ2) is 7.75. The Balaban J connectivity index is 1.79. The van der Waals surface area contributed by atoms with E-state index in [0.29, 0.717) is 12.0 Å². The molecule has 0 spiro atoms. The van der Waals surface area contributed by atoms with Crippen LogP contribution in [-0.4, -0.2) is 31.1 Å². The van der Waals surface area contributed by atoms with Crippen LogP contribution in [0.1, 0.15) is 44.7 Å². The van der Waals surface area contributed by atoms with Crippen LogP contribution < -0.4 is 5.32 Å². The van der Waals surface area contributed by atoms with Crippen molar-refractivity contribution in [2.45, 2.75) is 39.2 Å². The maximum absolute atomic E-state index is 13.0. The summed E-state index contributed by atoms with van der Waals surface area (Å²) in [6.07, 6.45) is 3.74. The van der Waals surface area contributed by atoms with E-state index in [0.717, 1.165) is 13.0 Å². The first-order valence-corrected chi connectivity index (χ1v) is 7.90. The summed E-state index contributed by atoms with van der Waals surface area (Å²) >= 11 is 0. The van der Waals surface area contributed by atoms with Crippen LogP contribution in [0.15, 0.2) is 24.3 Å². The fraction of sp³-hybridized carbons (Fsp3) is 0.647. The van der Waals surface area contributed by atoms with Crippen LogP contribution in [0.25, 0.3) is 0 Å². The minimum Gasteiger partial charge on any atom is -0.310 e. The summed E-state index contributed by atoms with van der Waals surface area (Å²) in [7, 11) is 0. The van der Waals surface area contributed by atoms with E-state index in [2.05, 4.69) is 24.1 Å². The highest BCUT2D eigenvalue weighted by Crippen LogP contribution is 2.17. The Hall–Kier alpha value is -0.930. The molecular weight excluding hydrogens is 251 g/mol. The second-order valence-corrected chi connectivity index (χ2v) is 6.03. The number of halogens is 1. The first-order valence-electron chi connectivity index (χ1n) is 7.90. The first kappa shape index (κ1) is 15.5. The molecule has 1 N–H and O–H groups in total. The van der Waals surface area contributed by atoms with Gasteiger partial charge in [-0.1, -0.05) is 26.0 Å². The van der Waals surface area contributed by atoms with Crippen LogP contribution >= 0.6 is 0 Å². The van der Waals surface area contributed by atoms with Gasteiger partial charge >= 0.3 is 0 Å². The number of rotatable bonds is 7. The quantitative estimate of drug-likeness (QED) is 0.820. The summed E-state index contributed by atoms with van der Waals surface area (Å²) in [6.45, 7) is 9.22. The molecule has 2 nitrogen and oxygen atoms in total. The summed E-state index contributed by atoms with van der Waals surface area (Å²) in [5.74, 6) is 0.494. The molecule has 1 heterocycles. The molecule has 1 aliphatic rings. The third-order valence-corrected chi connectivity index (χ3v) is 4.16. The lowest BCUT2D eigenvalue weighted by Gasteiger charge is -2.24. The van der Waals surface area contributed by atoms with E-state index < -0.39 is 0 Å². The minimum absolute atomic E-state index is 0.161. The van der Waals surface area contributed by atoms with Gasteiger partial charge in [-0.3, -0.25) is 0 Å². The number of hydrogen-bond donors (Lipinski definition) is 1. The zero-order chi connectivity index (χ0) is 14.4. The van der Waals surface area contributed by atoms with E-state index >= 15 is 0 Å². The van der Waals surface area contributed by atoms with Crippen molar-refractivity contribution in [3.63, 3.8) is 0 Å². The van der Waals surface area contributed by atoms with Gasteiger partial charge in [-0.2, -0.15) is 0 Å². The van der Waals surface area contributed by atoms with Gasteiger partial charge in [-0.05, 0) is 62.5 Å². The number of nitrogens with one attached hydrogen (secondary N) is 1. The Labute approximate surface area is 122 Å². The Morgan fingerprint density at radius 3 is 2.45 bits per heavy atom. The number of benzene rings is 1. The lowest BCUT2D eigenvalue weighted by atomic mass is 10.0. The highest BCUT2D eigenvalue weighted by molar-refractivity contribution is 5.19. The van der Waals surface area contributed by atoms with E-state index in [4.69, 9.17) is 0 Å². The Bertz CT molecular complexity index is 384. The monoisotopic (exact) mass is 278 g/mol. The van der Waals surface area contributed by atoms with E-state index in [9.17, 15) is 4.39 Å². The SMILES string of the molecule is CCC(NCC(C)CN1CCCC1)c1ccc(F)cc1. The molecule has 0 radical (unpaired) electrons. The summed E-state index contributed by atoms with van der Waals surface area (Å²) in [5.41, 5.74) is 1.18. The third-order valence-electron chi connectivity index (χ3n) is 4.16. The number of hydrogen-bond acceptors (Lipinski definition) is 2. The number of nitrogens with zero attached hydrogens (tertiary/aromatic N) is 1. The Morgan fingerprint density at radius 2 is 1.85 bits per heavy atom. The van der Waals surface area contributed by atoms with Gasteiger partial charge in [0.25, 0.3) is 0 Å². The standard InChI is InChI=1S/C17H27FN2/c1-3-17(15-6-8-16(18)9-7-15)19-12-14(2)13-20-10-4-5-11-20/h6-9,14,17,19H,3-5,10-13H2,1-2H3. The third kappa shape index (κ3) is 4.57. The van der Waals surface area contributed by atoms with E-state index in [1.165, 1.54) is 38.0 Å². The zero-order valence-electron chi connectivity index (χ0n) is 12.7. The van der Waals surface area contributed by atoms with Gasteiger partial charge in [0, 0.05) is 12.6 Å². The molecule has 0 amide bonds. The van der Waals surface area contributed by atoms with Gasteiger partial charge in [0.1, 0.15) is 5.82 Å². The summed E-state index contributed by atoms with van der Waals surface area (Å²) in [6, 6.07) is 7.21. The minimum atomic E-state index is -0.161. The molecule has 2 unspecified atom stereocenters. The molecule has 1 aromatic rings. The van der Waals surface area contributed by atoms with E-state index in [1.54, 1.807) is 12.1 Å². The summed E-state index contributed by atoms with van der Waals surface area (Å²) in [5, 5.41) is 3.63. The fourth-order valence-electron chi connectivity index (χ4n) is 3.01. The summed E-state index contributed by atoms with van der Waals surface area (Å²) < 4.78 is 13.0. The van der Waals surface area contributed by atoms with Crippen molar-refractivity contribution in [1.29, 1.82) is 0 Å². The van der Waals surface area contributed by atoms with Crippen LogP contribution in [-0.2, 0) is 0 Å². The number of likely N-dealkylation sites (tertiary alicyclic amines) is 1. The van der Waals surface area contributed by atoms with Crippen molar-refractivity contribution in [2.75, 3.05) is 26.2 Å². The Morgan fingerprint density at radius 1 is 1.20 bits per heavy atom. The zero-order valence-corrected chi connectivity index (χ0v) is 12.7. The maximum atomic E-state index is 13.0. The second-order valence-electron chi connectivity index (χ2n) is 6.03. The van der Waals surface area contributed by atoms with Gasteiger partial charge in [0.05, 0.1) is 0 Å². The molecule has 0 saturated carbocycles. The normalized spacial score (nSPS) is 19.1. The van der Waals surface area contributed by atoms with Gasteiger partial charge in [-0.15, -0.1) is 0 Å². The first-order chi connectivity index (χ1) is 9.69. The van der Waals surface area contributed by atoms with Gasteiger partial charge in [0.15, 0.2) is 0 Å². The largest absolute Gasteiger partial charge is 0.310 e. The lowest BCUT2D eigenvalue weighted by molar-refractivity contribution is 0.277. The average molecular weight is 278 g/mol. The lowest BCUT2D eigenvalue weighted by Crippen LogP contribution is -2.33. The summed E-state index contributed by atoms with van der Waals surface area (Å²) in [4.78, 5) is 2.56. The topological polar surface area (TPSA) is 15.3 Å². The van der Waals surface area contributed by atoms with Crippen molar-refractivity contribution < 1.29 is 4.39 Å². The molecule has 2 rings (SSSR count). The van der Waals surface area contributed by atoms with Crippen LogP contribution in [0.3, 0.4) is 0 Å².